The highest BCUT2D eigenvalue weighted by molar-refractivity contribution is 6.32. The molecule has 0 fully saturated rings. The zero-order valence-corrected chi connectivity index (χ0v) is 16.6. The van der Waals surface area contributed by atoms with Gasteiger partial charge in [0.25, 0.3) is 11.8 Å². The molecule has 1 atom stereocenters. The van der Waals surface area contributed by atoms with Crippen LogP contribution in [0.4, 0.5) is 0 Å². The van der Waals surface area contributed by atoms with Gasteiger partial charge < -0.3 is 10.6 Å². The largest absolute Gasteiger partial charge is 0.350 e. The van der Waals surface area contributed by atoms with Gasteiger partial charge in [-0.05, 0) is 49.2 Å². The van der Waals surface area contributed by atoms with Gasteiger partial charge in [0.1, 0.15) is 0 Å². The van der Waals surface area contributed by atoms with Gasteiger partial charge in [0, 0.05) is 34.8 Å². The van der Waals surface area contributed by atoms with Crippen molar-refractivity contribution in [2.75, 3.05) is 0 Å². The summed E-state index contributed by atoms with van der Waals surface area (Å²) in [6, 6.07) is 14.4. The standard InChI is InChI=1S/C22H22ClN3O2/c1-3-14(2)26-21(27)17-7-4-6-15(10-17)13-25-22(28)19-12-18(23)11-16-8-5-9-24-20(16)19/h4-12,14H,3,13H2,1-2H3,(H,25,28)(H,26,27). The van der Waals surface area contributed by atoms with Crippen molar-refractivity contribution in [2.24, 2.45) is 0 Å². The van der Waals surface area contributed by atoms with Gasteiger partial charge in [-0.25, -0.2) is 0 Å². The van der Waals surface area contributed by atoms with Gasteiger partial charge >= 0.3 is 0 Å². The third-order valence-corrected chi connectivity index (χ3v) is 4.76. The molecule has 0 aliphatic heterocycles. The van der Waals surface area contributed by atoms with Gasteiger partial charge in [0.2, 0.25) is 0 Å². The Balaban J connectivity index is 1.74. The second-order valence-electron chi connectivity index (χ2n) is 6.69. The van der Waals surface area contributed by atoms with Crippen molar-refractivity contribution in [3.63, 3.8) is 0 Å². The molecule has 1 aromatic heterocycles. The van der Waals surface area contributed by atoms with E-state index >= 15 is 0 Å². The highest BCUT2D eigenvalue weighted by Gasteiger charge is 2.13. The Morgan fingerprint density at radius 3 is 2.71 bits per heavy atom. The first-order valence-electron chi connectivity index (χ1n) is 9.20. The second kappa shape index (κ2) is 8.85. The number of rotatable bonds is 6. The van der Waals surface area contributed by atoms with Crippen LogP contribution in [0.3, 0.4) is 0 Å². The summed E-state index contributed by atoms with van der Waals surface area (Å²) < 4.78 is 0. The van der Waals surface area contributed by atoms with Crippen LogP contribution in [0.1, 0.15) is 46.5 Å². The van der Waals surface area contributed by atoms with Crippen molar-refractivity contribution >= 4 is 34.3 Å². The van der Waals surface area contributed by atoms with Gasteiger partial charge in [-0.3, -0.25) is 14.6 Å². The van der Waals surface area contributed by atoms with Crippen molar-refractivity contribution in [3.05, 3.63) is 76.4 Å². The number of carbonyl (C=O) groups excluding carboxylic acids is 2. The zero-order valence-electron chi connectivity index (χ0n) is 15.8. The fraction of sp³-hybridized carbons (Fsp3) is 0.227. The van der Waals surface area contributed by atoms with Gasteiger partial charge in [-0.15, -0.1) is 0 Å². The van der Waals surface area contributed by atoms with Crippen molar-refractivity contribution in [3.8, 4) is 0 Å². The number of aromatic nitrogens is 1. The maximum absolute atomic E-state index is 12.7. The molecule has 3 rings (SSSR count). The van der Waals surface area contributed by atoms with E-state index in [9.17, 15) is 9.59 Å². The Kier molecular flexibility index (Phi) is 6.26. The number of carbonyl (C=O) groups is 2. The lowest BCUT2D eigenvalue weighted by atomic mass is 10.1. The fourth-order valence-electron chi connectivity index (χ4n) is 2.84. The lowest BCUT2D eigenvalue weighted by Crippen LogP contribution is -2.32. The number of amides is 2. The molecule has 1 heterocycles. The molecule has 2 aromatic carbocycles. The normalized spacial score (nSPS) is 11.8. The monoisotopic (exact) mass is 395 g/mol. The molecule has 2 N–H and O–H groups in total. The average Bonchev–Trinajstić information content (AvgIpc) is 2.71. The van der Waals surface area contributed by atoms with E-state index in [4.69, 9.17) is 11.6 Å². The topological polar surface area (TPSA) is 71.1 Å². The molecule has 28 heavy (non-hydrogen) atoms. The first-order valence-corrected chi connectivity index (χ1v) is 9.58. The van der Waals surface area contributed by atoms with Crippen LogP contribution in [0.15, 0.2) is 54.7 Å². The van der Waals surface area contributed by atoms with Crippen LogP contribution in [0.25, 0.3) is 10.9 Å². The Morgan fingerprint density at radius 1 is 1.11 bits per heavy atom. The van der Waals surface area contributed by atoms with Crippen LogP contribution in [0.2, 0.25) is 5.02 Å². The Morgan fingerprint density at radius 2 is 1.93 bits per heavy atom. The molecule has 0 aliphatic rings. The summed E-state index contributed by atoms with van der Waals surface area (Å²) in [5, 5.41) is 7.11. The van der Waals surface area contributed by atoms with Crippen LogP contribution in [0, 0.1) is 0 Å². The molecule has 0 aliphatic carbocycles. The summed E-state index contributed by atoms with van der Waals surface area (Å²) in [5.41, 5.74) is 2.44. The molecular formula is C22H22ClN3O2. The van der Waals surface area contributed by atoms with E-state index in [-0.39, 0.29) is 17.9 Å². The highest BCUT2D eigenvalue weighted by atomic mass is 35.5. The SMILES string of the molecule is CCC(C)NC(=O)c1cccc(CNC(=O)c2cc(Cl)cc3cccnc23)c1. The Hall–Kier alpha value is -2.92. The van der Waals surface area contributed by atoms with Crippen LogP contribution in [-0.2, 0) is 6.54 Å². The number of hydrogen-bond acceptors (Lipinski definition) is 3. The highest BCUT2D eigenvalue weighted by Crippen LogP contribution is 2.22. The van der Waals surface area contributed by atoms with Crippen LogP contribution < -0.4 is 10.6 Å². The number of fused-ring (bicyclic) bond motifs is 1. The minimum absolute atomic E-state index is 0.111. The number of nitrogens with zero attached hydrogens (tertiary/aromatic N) is 1. The average molecular weight is 396 g/mol. The van der Waals surface area contributed by atoms with Crippen molar-refractivity contribution < 1.29 is 9.59 Å². The molecule has 5 nitrogen and oxygen atoms in total. The van der Waals surface area contributed by atoms with E-state index in [1.807, 2.05) is 32.0 Å². The summed E-state index contributed by atoms with van der Waals surface area (Å²) in [4.78, 5) is 29.3. The van der Waals surface area contributed by atoms with Crippen molar-refractivity contribution in [2.45, 2.75) is 32.9 Å². The first-order chi connectivity index (χ1) is 13.5. The Bertz CT molecular complexity index is 1020. The number of halogens is 1. The quantitative estimate of drug-likeness (QED) is 0.651. The smallest absolute Gasteiger partial charge is 0.253 e. The van der Waals surface area contributed by atoms with Gasteiger partial charge in [0.05, 0.1) is 11.1 Å². The van der Waals surface area contributed by atoms with Crippen molar-refractivity contribution in [1.29, 1.82) is 0 Å². The van der Waals surface area contributed by atoms with Crippen LogP contribution >= 0.6 is 11.6 Å². The number of hydrogen-bond donors (Lipinski definition) is 2. The zero-order chi connectivity index (χ0) is 20.1. The number of nitrogens with one attached hydrogen (secondary N) is 2. The van der Waals surface area contributed by atoms with E-state index in [1.54, 1.807) is 36.5 Å². The van der Waals surface area contributed by atoms with Crippen LogP contribution in [0.5, 0.6) is 0 Å². The predicted octanol–water partition coefficient (Wildman–Crippen LogP) is 4.35. The summed E-state index contributed by atoms with van der Waals surface area (Å²) in [7, 11) is 0. The molecule has 144 valence electrons. The van der Waals surface area contributed by atoms with Gasteiger partial charge in [0.15, 0.2) is 0 Å². The molecule has 0 saturated heterocycles. The molecule has 0 bridgehead atoms. The minimum atomic E-state index is -0.263. The van der Waals surface area contributed by atoms with Gasteiger partial charge in [-0.1, -0.05) is 36.7 Å². The number of pyridine rings is 1. The molecule has 0 saturated carbocycles. The molecule has 6 heteroatoms. The molecular weight excluding hydrogens is 374 g/mol. The maximum atomic E-state index is 12.7. The summed E-state index contributed by atoms with van der Waals surface area (Å²) >= 11 is 6.14. The number of benzene rings is 2. The van der Waals surface area contributed by atoms with Crippen LogP contribution in [-0.4, -0.2) is 22.8 Å². The molecule has 0 spiro atoms. The maximum Gasteiger partial charge on any atom is 0.253 e. The molecule has 2 amide bonds. The summed E-state index contributed by atoms with van der Waals surface area (Å²) in [5.74, 6) is -0.381. The van der Waals surface area contributed by atoms with Crippen molar-refractivity contribution in [1.82, 2.24) is 15.6 Å². The predicted molar refractivity (Wildman–Crippen MR) is 112 cm³/mol. The fourth-order valence-corrected chi connectivity index (χ4v) is 3.06. The Labute approximate surface area is 169 Å². The van der Waals surface area contributed by atoms with E-state index in [2.05, 4.69) is 15.6 Å². The lowest BCUT2D eigenvalue weighted by molar-refractivity contribution is 0.0937. The molecule has 0 radical (unpaired) electrons. The second-order valence-corrected chi connectivity index (χ2v) is 7.13. The lowest BCUT2D eigenvalue weighted by Gasteiger charge is -2.12. The summed E-state index contributed by atoms with van der Waals surface area (Å²) in [6.45, 7) is 4.28. The van der Waals surface area contributed by atoms with E-state index in [0.29, 0.717) is 28.2 Å². The summed E-state index contributed by atoms with van der Waals surface area (Å²) in [6.07, 6.45) is 2.51. The first kappa shape index (κ1) is 19.8. The third kappa shape index (κ3) is 4.67. The van der Waals surface area contributed by atoms with E-state index in [0.717, 1.165) is 17.4 Å². The molecule has 1 unspecified atom stereocenters. The molecule has 3 aromatic rings. The minimum Gasteiger partial charge on any atom is -0.350 e. The van der Waals surface area contributed by atoms with E-state index < -0.39 is 0 Å². The van der Waals surface area contributed by atoms with Gasteiger partial charge in [-0.2, -0.15) is 0 Å². The third-order valence-electron chi connectivity index (χ3n) is 4.55. The van der Waals surface area contributed by atoms with E-state index in [1.165, 1.54) is 0 Å².